The van der Waals surface area contributed by atoms with E-state index in [2.05, 4.69) is 10.2 Å². The van der Waals surface area contributed by atoms with E-state index in [9.17, 15) is 26.3 Å². The minimum absolute atomic E-state index is 0.143. The standard InChI is InChI=1S/C18H17F6N5O/c19-17(20,21)13-8-11(4-5-12(13)10-25)14(26-18(22,23)24)9-15-27-28-16(30-15)29-6-2-1-3-7-29/h4-5,8,14,26H,1-3,6-7,9H2. The topological polar surface area (TPSA) is 78.0 Å². The number of nitriles is 1. The lowest BCUT2D eigenvalue weighted by molar-refractivity contribution is -0.164. The Morgan fingerprint density at radius 2 is 1.80 bits per heavy atom. The molecule has 0 bridgehead atoms. The molecule has 0 amide bonds. The monoisotopic (exact) mass is 433 g/mol. The zero-order chi connectivity index (χ0) is 21.9. The third-order valence-corrected chi connectivity index (χ3v) is 4.67. The molecule has 2 aromatic rings. The second-order valence-corrected chi connectivity index (χ2v) is 6.84. The van der Waals surface area contributed by atoms with Crippen molar-refractivity contribution < 1.29 is 30.8 Å². The highest BCUT2D eigenvalue weighted by Gasteiger charge is 2.37. The third kappa shape index (κ3) is 5.41. The molecule has 0 spiro atoms. The normalized spacial score (nSPS) is 16.4. The van der Waals surface area contributed by atoms with Gasteiger partial charge in [0, 0.05) is 25.6 Å². The van der Waals surface area contributed by atoms with Gasteiger partial charge in [0.25, 0.3) is 0 Å². The van der Waals surface area contributed by atoms with Gasteiger partial charge >= 0.3 is 18.5 Å². The summed E-state index contributed by atoms with van der Waals surface area (Å²) in [4.78, 5) is 1.82. The van der Waals surface area contributed by atoms with Crippen molar-refractivity contribution in [3.05, 3.63) is 40.8 Å². The molecule has 2 heterocycles. The number of piperidine rings is 1. The largest absolute Gasteiger partial charge is 0.457 e. The molecule has 1 saturated heterocycles. The predicted molar refractivity (Wildman–Crippen MR) is 92.2 cm³/mol. The Bertz CT molecular complexity index is 911. The number of benzene rings is 1. The van der Waals surface area contributed by atoms with Gasteiger partial charge in [0.05, 0.1) is 17.2 Å². The molecule has 0 radical (unpaired) electrons. The van der Waals surface area contributed by atoms with Crippen molar-refractivity contribution in [3.8, 4) is 6.07 Å². The van der Waals surface area contributed by atoms with E-state index >= 15 is 0 Å². The van der Waals surface area contributed by atoms with Crippen LogP contribution in [0, 0.1) is 11.3 Å². The summed E-state index contributed by atoms with van der Waals surface area (Å²) in [6, 6.07) is 2.37. The fourth-order valence-corrected chi connectivity index (χ4v) is 3.28. The van der Waals surface area contributed by atoms with Crippen LogP contribution in [0.15, 0.2) is 22.6 Å². The maximum absolute atomic E-state index is 13.2. The number of anilines is 1. The summed E-state index contributed by atoms with van der Waals surface area (Å²) in [6.07, 6.45) is -7.36. The first-order valence-corrected chi connectivity index (χ1v) is 9.10. The van der Waals surface area contributed by atoms with Crippen molar-refractivity contribution in [2.24, 2.45) is 0 Å². The van der Waals surface area contributed by atoms with Crippen LogP contribution in [0.2, 0.25) is 0 Å². The average Bonchev–Trinajstić information content (AvgIpc) is 3.14. The Labute approximate surface area is 167 Å². The number of halogens is 6. The molecule has 6 nitrogen and oxygen atoms in total. The van der Waals surface area contributed by atoms with E-state index in [0.717, 1.165) is 31.4 Å². The first-order valence-electron chi connectivity index (χ1n) is 9.10. The number of nitrogens with zero attached hydrogens (tertiary/aromatic N) is 4. The minimum Gasteiger partial charge on any atom is -0.408 e. The van der Waals surface area contributed by atoms with Gasteiger partial charge in [0.15, 0.2) is 0 Å². The second-order valence-electron chi connectivity index (χ2n) is 6.84. The van der Waals surface area contributed by atoms with Crippen LogP contribution in [-0.4, -0.2) is 29.6 Å². The Kier molecular flexibility index (Phi) is 6.21. The molecule has 1 N–H and O–H groups in total. The summed E-state index contributed by atoms with van der Waals surface area (Å²) in [6.45, 7) is 1.35. The van der Waals surface area contributed by atoms with Gasteiger partial charge in [0.2, 0.25) is 5.89 Å². The van der Waals surface area contributed by atoms with Crippen molar-refractivity contribution in [1.82, 2.24) is 15.5 Å². The Morgan fingerprint density at radius 1 is 1.10 bits per heavy atom. The van der Waals surface area contributed by atoms with E-state index in [4.69, 9.17) is 9.68 Å². The maximum Gasteiger partial charge on any atom is 0.457 e. The van der Waals surface area contributed by atoms with Gasteiger partial charge in [-0.2, -0.15) is 31.6 Å². The van der Waals surface area contributed by atoms with Crippen LogP contribution in [0.1, 0.15) is 47.9 Å². The van der Waals surface area contributed by atoms with Crippen LogP contribution in [0.4, 0.5) is 32.4 Å². The molecular weight excluding hydrogens is 416 g/mol. The Morgan fingerprint density at radius 3 is 2.40 bits per heavy atom. The first kappa shape index (κ1) is 21.9. The molecule has 0 saturated carbocycles. The average molecular weight is 433 g/mol. The van der Waals surface area contributed by atoms with Gasteiger partial charge in [-0.05, 0) is 37.0 Å². The van der Waals surface area contributed by atoms with Crippen molar-refractivity contribution in [2.75, 3.05) is 18.0 Å². The zero-order valence-corrected chi connectivity index (χ0v) is 15.5. The Hall–Kier alpha value is -2.81. The summed E-state index contributed by atoms with van der Waals surface area (Å²) in [5, 5.41) is 17.8. The summed E-state index contributed by atoms with van der Waals surface area (Å²) in [5.74, 6) is -0.143. The van der Waals surface area contributed by atoms with Gasteiger partial charge in [-0.3, -0.25) is 0 Å². The van der Waals surface area contributed by atoms with Gasteiger partial charge in [-0.1, -0.05) is 11.2 Å². The quantitative estimate of drug-likeness (QED) is 0.558. The predicted octanol–water partition coefficient (Wildman–Crippen LogP) is 4.34. The highest BCUT2D eigenvalue weighted by Crippen LogP contribution is 2.35. The fraction of sp³-hybridized carbons (Fsp3) is 0.500. The van der Waals surface area contributed by atoms with Crippen LogP contribution in [0.3, 0.4) is 0 Å². The number of hydrogen-bond donors (Lipinski definition) is 1. The summed E-state index contributed by atoms with van der Waals surface area (Å²) in [7, 11) is 0. The Balaban J connectivity index is 1.89. The van der Waals surface area contributed by atoms with Crippen LogP contribution < -0.4 is 10.2 Å². The maximum atomic E-state index is 13.2. The number of hydrogen-bond acceptors (Lipinski definition) is 6. The summed E-state index contributed by atoms with van der Waals surface area (Å²) in [5.41, 5.74) is -2.30. The highest BCUT2D eigenvalue weighted by molar-refractivity contribution is 5.43. The second kappa shape index (κ2) is 8.51. The van der Waals surface area contributed by atoms with Gasteiger partial charge in [-0.25, -0.2) is 5.32 Å². The van der Waals surface area contributed by atoms with Gasteiger partial charge in [-0.15, -0.1) is 5.10 Å². The van der Waals surface area contributed by atoms with Crippen molar-refractivity contribution in [2.45, 2.75) is 44.2 Å². The summed E-state index contributed by atoms with van der Waals surface area (Å²) < 4.78 is 84.1. The first-order chi connectivity index (χ1) is 14.1. The SMILES string of the molecule is N#Cc1ccc(C(Cc2nnc(N3CCCCC3)o2)NC(F)(F)F)cc1C(F)(F)F. The molecular formula is C18H17F6N5O. The lowest BCUT2D eigenvalue weighted by atomic mass is 9.97. The smallest absolute Gasteiger partial charge is 0.408 e. The van der Waals surface area contributed by atoms with Crippen molar-refractivity contribution in [3.63, 3.8) is 0 Å². The van der Waals surface area contributed by atoms with E-state index in [-0.39, 0.29) is 17.5 Å². The number of nitrogens with one attached hydrogen (secondary N) is 1. The highest BCUT2D eigenvalue weighted by atomic mass is 19.4. The van der Waals surface area contributed by atoms with E-state index in [1.54, 1.807) is 0 Å². The van der Waals surface area contributed by atoms with Gasteiger partial charge < -0.3 is 9.32 Å². The third-order valence-electron chi connectivity index (χ3n) is 4.67. The van der Waals surface area contributed by atoms with E-state index in [0.29, 0.717) is 19.2 Å². The molecule has 1 aromatic heterocycles. The van der Waals surface area contributed by atoms with Crippen LogP contribution in [-0.2, 0) is 12.6 Å². The molecule has 1 fully saturated rings. The molecule has 0 aliphatic carbocycles. The van der Waals surface area contributed by atoms with Crippen LogP contribution in [0.5, 0.6) is 0 Å². The molecule has 1 atom stereocenters. The fourth-order valence-electron chi connectivity index (χ4n) is 3.28. The number of rotatable bonds is 5. The minimum atomic E-state index is -4.89. The molecule has 1 aliphatic rings. The number of alkyl halides is 6. The molecule has 1 aromatic carbocycles. The molecule has 1 aliphatic heterocycles. The van der Waals surface area contributed by atoms with Crippen molar-refractivity contribution >= 4 is 6.01 Å². The molecule has 12 heteroatoms. The molecule has 30 heavy (non-hydrogen) atoms. The van der Waals surface area contributed by atoms with Crippen LogP contribution >= 0.6 is 0 Å². The molecule has 162 valence electrons. The lowest BCUT2D eigenvalue weighted by Gasteiger charge is -2.24. The summed E-state index contributed by atoms with van der Waals surface area (Å²) >= 11 is 0. The van der Waals surface area contributed by atoms with Crippen LogP contribution in [0.25, 0.3) is 0 Å². The van der Waals surface area contributed by atoms with E-state index in [1.807, 2.05) is 4.90 Å². The van der Waals surface area contributed by atoms with E-state index < -0.39 is 36.1 Å². The molecule has 1 unspecified atom stereocenters. The number of aromatic nitrogens is 2. The zero-order valence-electron chi connectivity index (χ0n) is 15.5. The van der Waals surface area contributed by atoms with Gasteiger partial charge in [0.1, 0.15) is 0 Å². The van der Waals surface area contributed by atoms with E-state index in [1.165, 1.54) is 11.4 Å². The lowest BCUT2D eigenvalue weighted by Crippen LogP contribution is -2.36. The molecule has 3 rings (SSSR count). The van der Waals surface area contributed by atoms with Crippen molar-refractivity contribution in [1.29, 1.82) is 5.26 Å².